The molecule has 0 fully saturated rings. The van der Waals surface area contributed by atoms with Crippen LogP contribution in [0.15, 0.2) is 58.6 Å². The van der Waals surface area contributed by atoms with Gasteiger partial charge in [0.1, 0.15) is 0 Å². The molecule has 24 heavy (non-hydrogen) atoms. The van der Waals surface area contributed by atoms with Gasteiger partial charge < -0.3 is 10.1 Å². The molecule has 1 aromatic carbocycles. The third-order valence-corrected chi connectivity index (χ3v) is 5.42. The van der Waals surface area contributed by atoms with Gasteiger partial charge in [-0.15, -0.1) is 11.3 Å². The first-order valence-corrected chi connectivity index (χ1v) is 8.49. The van der Waals surface area contributed by atoms with Crippen molar-refractivity contribution in [2.75, 3.05) is 7.11 Å². The van der Waals surface area contributed by atoms with Crippen LogP contribution in [0, 0.1) is 0 Å². The molecule has 0 saturated carbocycles. The van der Waals surface area contributed by atoms with Crippen molar-refractivity contribution >= 4 is 28.8 Å². The number of esters is 1. The molecule has 0 spiro atoms. The van der Waals surface area contributed by atoms with Gasteiger partial charge in [-0.25, -0.2) is 4.79 Å². The number of Topliss-reactive ketones (excluding diaryl/α,β-unsaturated/α-hetero) is 1. The average Bonchev–Trinajstić information content (AvgIpc) is 3.22. The van der Waals surface area contributed by atoms with Crippen molar-refractivity contribution in [1.29, 1.82) is 0 Å². The second kappa shape index (κ2) is 5.46. The van der Waals surface area contributed by atoms with Crippen molar-refractivity contribution in [2.24, 2.45) is 0 Å². The number of thiophene rings is 1. The van der Waals surface area contributed by atoms with E-state index in [0.29, 0.717) is 16.7 Å². The number of ether oxygens (including phenoxy) is 1. The number of allylic oxidation sites excluding steroid dienone is 2. The molecule has 1 atom stereocenters. The monoisotopic (exact) mass is 337 g/mol. The molecular formula is C19H15NO3S. The van der Waals surface area contributed by atoms with Crippen LogP contribution in [-0.4, -0.2) is 18.9 Å². The van der Waals surface area contributed by atoms with Gasteiger partial charge in [0.25, 0.3) is 0 Å². The van der Waals surface area contributed by atoms with E-state index in [0.717, 1.165) is 21.8 Å². The Morgan fingerprint density at radius 1 is 1.17 bits per heavy atom. The highest BCUT2D eigenvalue weighted by Crippen LogP contribution is 2.47. The van der Waals surface area contributed by atoms with Crippen LogP contribution in [-0.2, 0) is 9.53 Å². The van der Waals surface area contributed by atoms with E-state index in [1.54, 1.807) is 0 Å². The van der Waals surface area contributed by atoms with Crippen LogP contribution < -0.4 is 5.32 Å². The zero-order chi connectivity index (χ0) is 16.8. The summed E-state index contributed by atoms with van der Waals surface area (Å²) in [4.78, 5) is 26.4. The lowest BCUT2D eigenvalue weighted by Crippen LogP contribution is -2.28. The maximum Gasteiger partial charge on any atom is 0.336 e. The molecule has 4 nitrogen and oxygen atoms in total. The first-order valence-electron chi connectivity index (χ1n) is 7.61. The van der Waals surface area contributed by atoms with Crippen LogP contribution in [0.25, 0.3) is 5.70 Å². The Morgan fingerprint density at radius 2 is 1.92 bits per heavy atom. The molecule has 1 aliphatic carbocycles. The van der Waals surface area contributed by atoms with E-state index in [1.165, 1.54) is 18.4 Å². The molecule has 5 heteroatoms. The predicted molar refractivity (Wildman–Crippen MR) is 92.6 cm³/mol. The number of nitrogens with one attached hydrogen (secondary N) is 1. The zero-order valence-electron chi connectivity index (χ0n) is 13.3. The Bertz CT molecular complexity index is 922. The molecule has 120 valence electrons. The Kier molecular flexibility index (Phi) is 3.39. The summed E-state index contributed by atoms with van der Waals surface area (Å²) < 4.78 is 4.98. The Labute approximate surface area is 143 Å². The van der Waals surface area contributed by atoms with Crippen molar-refractivity contribution in [3.63, 3.8) is 0 Å². The summed E-state index contributed by atoms with van der Waals surface area (Å²) in [5.74, 6) is -0.831. The Balaban J connectivity index is 1.95. The SMILES string of the molecule is COC(=O)C1=C(C)NC2=C(C(=O)c3ccccc32)C1c1cccs1. The molecular weight excluding hydrogens is 322 g/mol. The molecule has 0 radical (unpaired) electrons. The molecule has 1 N–H and O–H groups in total. The van der Waals surface area contributed by atoms with Crippen LogP contribution in [0.5, 0.6) is 0 Å². The van der Waals surface area contributed by atoms with Gasteiger partial charge in [-0.2, -0.15) is 0 Å². The zero-order valence-corrected chi connectivity index (χ0v) is 14.1. The predicted octanol–water partition coefficient (Wildman–Crippen LogP) is 3.49. The van der Waals surface area contributed by atoms with Crippen LogP contribution in [0.3, 0.4) is 0 Å². The van der Waals surface area contributed by atoms with Crippen LogP contribution in [0.2, 0.25) is 0 Å². The van der Waals surface area contributed by atoms with E-state index >= 15 is 0 Å². The summed E-state index contributed by atoms with van der Waals surface area (Å²) in [6.45, 7) is 1.85. The smallest absolute Gasteiger partial charge is 0.336 e. The summed E-state index contributed by atoms with van der Waals surface area (Å²) >= 11 is 1.54. The van der Waals surface area contributed by atoms with E-state index < -0.39 is 11.9 Å². The summed E-state index contributed by atoms with van der Waals surface area (Å²) in [6, 6.07) is 11.4. The van der Waals surface area contributed by atoms with Crippen LogP contribution in [0.1, 0.15) is 33.6 Å². The lowest BCUT2D eigenvalue weighted by atomic mass is 9.83. The van der Waals surface area contributed by atoms with Gasteiger partial charge in [-0.3, -0.25) is 4.79 Å². The largest absolute Gasteiger partial charge is 0.466 e. The number of hydrogen-bond acceptors (Lipinski definition) is 5. The number of hydrogen-bond donors (Lipinski definition) is 1. The van der Waals surface area contributed by atoms with Crippen molar-refractivity contribution in [1.82, 2.24) is 5.32 Å². The highest BCUT2D eigenvalue weighted by molar-refractivity contribution is 7.10. The van der Waals surface area contributed by atoms with Gasteiger partial charge >= 0.3 is 5.97 Å². The number of rotatable bonds is 2. The van der Waals surface area contributed by atoms with Crippen LogP contribution >= 0.6 is 11.3 Å². The minimum atomic E-state index is -0.409. The number of benzene rings is 1. The van der Waals surface area contributed by atoms with E-state index in [2.05, 4.69) is 5.32 Å². The summed E-state index contributed by atoms with van der Waals surface area (Å²) in [6.07, 6.45) is 0. The number of carbonyl (C=O) groups is 2. The average molecular weight is 337 g/mol. The summed E-state index contributed by atoms with van der Waals surface area (Å²) in [7, 11) is 1.36. The number of carbonyl (C=O) groups excluding carboxylic acids is 2. The molecule has 2 heterocycles. The van der Waals surface area contributed by atoms with Gasteiger partial charge in [0.2, 0.25) is 0 Å². The normalized spacial score (nSPS) is 19.1. The van der Waals surface area contributed by atoms with E-state index in [9.17, 15) is 9.59 Å². The molecule has 4 rings (SSSR count). The first kappa shape index (κ1) is 14.9. The molecule has 0 bridgehead atoms. The fourth-order valence-electron chi connectivity index (χ4n) is 3.45. The molecule has 0 saturated heterocycles. The molecule has 2 aromatic rings. The first-order chi connectivity index (χ1) is 11.6. The van der Waals surface area contributed by atoms with Gasteiger partial charge in [0, 0.05) is 27.3 Å². The summed E-state index contributed by atoms with van der Waals surface area (Å²) in [5, 5.41) is 5.22. The Morgan fingerprint density at radius 3 is 2.58 bits per heavy atom. The highest BCUT2D eigenvalue weighted by Gasteiger charge is 2.43. The molecule has 2 aliphatic rings. The molecule has 1 aromatic heterocycles. The summed E-state index contributed by atoms with van der Waals surface area (Å²) in [5.41, 5.74) is 4.23. The number of dihydropyridines is 1. The van der Waals surface area contributed by atoms with Gasteiger partial charge in [0.15, 0.2) is 5.78 Å². The maximum absolute atomic E-state index is 13.0. The minimum Gasteiger partial charge on any atom is -0.466 e. The molecule has 0 amide bonds. The topological polar surface area (TPSA) is 55.4 Å². The van der Waals surface area contributed by atoms with E-state index in [-0.39, 0.29) is 5.78 Å². The number of ketones is 1. The van der Waals surface area contributed by atoms with Crippen molar-refractivity contribution in [3.8, 4) is 0 Å². The standard InChI is InChI=1S/C19H15NO3S/c1-10-14(19(22)23-2)15(13-8-5-9-24-13)16-17(20-10)11-6-3-4-7-12(11)18(16)21/h3-9,15,20H,1-2H3. The quantitative estimate of drug-likeness (QED) is 0.852. The highest BCUT2D eigenvalue weighted by atomic mass is 32.1. The second-order valence-electron chi connectivity index (χ2n) is 5.77. The van der Waals surface area contributed by atoms with E-state index in [1.807, 2.05) is 48.7 Å². The number of fused-ring (bicyclic) bond motifs is 2. The van der Waals surface area contributed by atoms with Gasteiger partial charge in [-0.1, -0.05) is 30.3 Å². The fraction of sp³-hybridized carbons (Fsp3) is 0.158. The maximum atomic E-state index is 13.0. The fourth-order valence-corrected chi connectivity index (χ4v) is 4.29. The third kappa shape index (κ3) is 1.98. The lowest BCUT2D eigenvalue weighted by molar-refractivity contribution is -0.136. The van der Waals surface area contributed by atoms with Crippen molar-refractivity contribution < 1.29 is 14.3 Å². The van der Waals surface area contributed by atoms with Gasteiger partial charge in [0.05, 0.1) is 24.3 Å². The molecule has 1 aliphatic heterocycles. The van der Waals surface area contributed by atoms with Crippen LogP contribution in [0.4, 0.5) is 0 Å². The van der Waals surface area contributed by atoms with Crippen molar-refractivity contribution in [3.05, 3.63) is 74.6 Å². The lowest BCUT2D eigenvalue weighted by Gasteiger charge is -2.28. The third-order valence-electron chi connectivity index (χ3n) is 4.48. The molecule has 1 unspecified atom stereocenters. The number of methoxy groups -OCH3 is 1. The second-order valence-corrected chi connectivity index (χ2v) is 6.75. The van der Waals surface area contributed by atoms with Gasteiger partial charge in [-0.05, 0) is 18.4 Å². The van der Waals surface area contributed by atoms with E-state index in [4.69, 9.17) is 4.74 Å². The minimum absolute atomic E-state index is 0.0274. The Hall–Kier alpha value is -2.66. The van der Waals surface area contributed by atoms with Crippen molar-refractivity contribution in [2.45, 2.75) is 12.8 Å².